The maximum Gasteiger partial charge on any atom is 0.310 e. The van der Waals surface area contributed by atoms with Crippen LogP contribution in [-0.4, -0.2) is 26.7 Å². The van der Waals surface area contributed by atoms with Gasteiger partial charge in [0.2, 0.25) is 10.0 Å². The van der Waals surface area contributed by atoms with Crippen LogP contribution in [0.2, 0.25) is 10.0 Å². The fraction of sp³-hybridized carbons (Fsp3) is 0.462. The second-order valence-corrected chi connectivity index (χ2v) is 7.61. The number of ether oxygens (including phenoxy) is 1. The summed E-state index contributed by atoms with van der Waals surface area (Å²) in [6.07, 6.45) is 1.57. The molecule has 2 unspecified atom stereocenters. The second-order valence-electron chi connectivity index (χ2n) is 4.87. The lowest BCUT2D eigenvalue weighted by Gasteiger charge is -2.19. The molecule has 116 valence electrons. The molecule has 0 heterocycles. The minimum Gasteiger partial charge on any atom is -0.469 e. The highest BCUT2D eigenvalue weighted by molar-refractivity contribution is 7.93. The van der Waals surface area contributed by atoms with E-state index in [1.54, 1.807) is 6.07 Å². The number of carbonyl (C=O) groups is 1. The quantitative estimate of drug-likeness (QED) is 0.846. The molecule has 1 aliphatic rings. The first-order chi connectivity index (χ1) is 9.85. The minimum atomic E-state index is -3.75. The summed E-state index contributed by atoms with van der Waals surface area (Å²) in [6.45, 7) is 0. The van der Waals surface area contributed by atoms with Crippen molar-refractivity contribution in [2.45, 2.75) is 24.5 Å². The number of sulfonamides is 1. The first kappa shape index (κ1) is 16.4. The molecule has 0 bridgehead atoms. The zero-order chi connectivity index (χ0) is 15.6. The van der Waals surface area contributed by atoms with Crippen LogP contribution in [-0.2, 0) is 19.6 Å². The Bertz CT molecular complexity index is 648. The Balaban J connectivity index is 2.25. The third-order valence-corrected chi connectivity index (χ3v) is 5.97. The fourth-order valence-corrected chi connectivity index (χ4v) is 4.70. The molecule has 1 aliphatic carbocycles. The molecule has 5 nitrogen and oxygen atoms in total. The Morgan fingerprint density at radius 2 is 2.05 bits per heavy atom. The number of halogens is 2. The van der Waals surface area contributed by atoms with Crippen LogP contribution in [0.4, 0.5) is 5.69 Å². The Hall–Kier alpha value is -0.980. The normalized spacial score (nSPS) is 22.0. The van der Waals surface area contributed by atoms with Crippen molar-refractivity contribution in [1.82, 2.24) is 0 Å². The molecule has 0 amide bonds. The number of methoxy groups -OCH3 is 1. The van der Waals surface area contributed by atoms with E-state index in [-0.39, 0.29) is 10.7 Å². The Kier molecular flexibility index (Phi) is 5.01. The van der Waals surface area contributed by atoms with Gasteiger partial charge in [0.25, 0.3) is 0 Å². The summed E-state index contributed by atoms with van der Waals surface area (Å²) in [5.74, 6) is -1.15. The predicted octanol–water partition coefficient (Wildman–Crippen LogP) is 3.08. The van der Waals surface area contributed by atoms with Gasteiger partial charge >= 0.3 is 5.97 Å². The average Bonchev–Trinajstić information content (AvgIpc) is 2.92. The lowest BCUT2D eigenvalue weighted by atomic mass is 10.1. The Morgan fingerprint density at radius 1 is 1.33 bits per heavy atom. The van der Waals surface area contributed by atoms with Crippen LogP contribution in [0.3, 0.4) is 0 Å². The molecule has 0 saturated heterocycles. The third kappa shape index (κ3) is 3.62. The molecular formula is C13H15Cl2NO4S. The van der Waals surface area contributed by atoms with E-state index in [1.165, 1.54) is 19.2 Å². The SMILES string of the molecule is COC(=O)C1CCCC1S(=O)(=O)Nc1cc(Cl)ccc1Cl. The van der Waals surface area contributed by atoms with Crippen LogP contribution in [0, 0.1) is 5.92 Å². The summed E-state index contributed by atoms with van der Waals surface area (Å²) in [5.41, 5.74) is 0.208. The highest BCUT2D eigenvalue weighted by Gasteiger charge is 2.42. The number of esters is 1. The number of hydrogen-bond donors (Lipinski definition) is 1. The highest BCUT2D eigenvalue weighted by Crippen LogP contribution is 2.34. The van der Waals surface area contributed by atoms with Crippen molar-refractivity contribution in [1.29, 1.82) is 0 Å². The lowest BCUT2D eigenvalue weighted by molar-refractivity contribution is -0.145. The van der Waals surface area contributed by atoms with Gasteiger partial charge in [0, 0.05) is 5.02 Å². The van der Waals surface area contributed by atoms with E-state index in [0.717, 1.165) is 0 Å². The molecule has 1 fully saturated rings. The van der Waals surface area contributed by atoms with Crippen molar-refractivity contribution in [3.8, 4) is 0 Å². The molecular weight excluding hydrogens is 337 g/mol. The van der Waals surface area contributed by atoms with Crippen LogP contribution < -0.4 is 4.72 Å². The van der Waals surface area contributed by atoms with Gasteiger partial charge in [-0.05, 0) is 31.0 Å². The average molecular weight is 352 g/mol. The van der Waals surface area contributed by atoms with Gasteiger partial charge in [-0.1, -0.05) is 29.6 Å². The maximum atomic E-state index is 12.5. The van der Waals surface area contributed by atoms with Crippen molar-refractivity contribution < 1.29 is 17.9 Å². The smallest absolute Gasteiger partial charge is 0.310 e. The first-order valence-corrected chi connectivity index (χ1v) is 8.70. The number of carbonyl (C=O) groups excluding carboxylic acids is 1. The third-order valence-electron chi connectivity index (χ3n) is 3.54. The monoisotopic (exact) mass is 351 g/mol. The number of rotatable bonds is 4. The zero-order valence-corrected chi connectivity index (χ0v) is 13.6. The van der Waals surface area contributed by atoms with Crippen LogP contribution in [0.15, 0.2) is 18.2 Å². The molecule has 1 saturated carbocycles. The van der Waals surface area contributed by atoms with Gasteiger partial charge < -0.3 is 4.74 Å². The summed E-state index contributed by atoms with van der Waals surface area (Å²) in [7, 11) is -2.49. The highest BCUT2D eigenvalue weighted by atomic mass is 35.5. The van der Waals surface area contributed by atoms with Crippen molar-refractivity contribution in [2.75, 3.05) is 11.8 Å². The zero-order valence-electron chi connectivity index (χ0n) is 11.3. The van der Waals surface area contributed by atoms with Gasteiger partial charge in [-0.2, -0.15) is 0 Å². The summed E-state index contributed by atoms with van der Waals surface area (Å²) in [6, 6.07) is 4.51. The van der Waals surface area contributed by atoms with Crippen molar-refractivity contribution in [3.63, 3.8) is 0 Å². The summed E-state index contributed by atoms with van der Waals surface area (Å²) in [5, 5.41) is -0.205. The summed E-state index contributed by atoms with van der Waals surface area (Å²) in [4.78, 5) is 11.7. The molecule has 21 heavy (non-hydrogen) atoms. The Morgan fingerprint density at radius 3 is 2.71 bits per heavy atom. The first-order valence-electron chi connectivity index (χ1n) is 6.39. The fourth-order valence-electron chi connectivity index (χ4n) is 2.52. The second kappa shape index (κ2) is 6.42. The molecule has 0 spiro atoms. The molecule has 2 atom stereocenters. The largest absolute Gasteiger partial charge is 0.469 e. The molecule has 0 radical (unpaired) electrons. The van der Waals surface area contributed by atoms with Gasteiger partial charge in [-0.25, -0.2) is 8.42 Å². The maximum absolute atomic E-state index is 12.5. The van der Waals surface area contributed by atoms with Crippen molar-refractivity contribution in [2.24, 2.45) is 5.92 Å². The van der Waals surface area contributed by atoms with E-state index in [4.69, 9.17) is 23.2 Å². The summed E-state index contributed by atoms with van der Waals surface area (Å²) < 4.78 is 32.1. The van der Waals surface area contributed by atoms with Crippen LogP contribution in [0.1, 0.15) is 19.3 Å². The van der Waals surface area contributed by atoms with E-state index in [0.29, 0.717) is 24.3 Å². The van der Waals surface area contributed by atoms with Gasteiger partial charge in [0.05, 0.1) is 29.0 Å². The molecule has 1 N–H and O–H groups in total. The van der Waals surface area contributed by atoms with Crippen LogP contribution in [0.25, 0.3) is 0 Å². The van der Waals surface area contributed by atoms with E-state index in [1.807, 2.05) is 0 Å². The van der Waals surface area contributed by atoms with Crippen LogP contribution >= 0.6 is 23.2 Å². The Labute approximate surface area is 133 Å². The van der Waals surface area contributed by atoms with E-state index in [2.05, 4.69) is 9.46 Å². The summed E-state index contributed by atoms with van der Waals surface area (Å²) >= 11 is 11.8. The minimum absolute atomic E-state index is 0.208. The molecule has 2 rings (SSSR count). The topological polar surface area (TPSA) is 72.5 Å². The van der Waals surface area contributed by atoms with E-state index in [9.17, 15) is 13.2 Å². The molecule has 1 aromatic carbocycles. The number of anilines is 1. The van der Waals surface area contributed by atoms with Gasteiger partial charge in [0.1, 0.15) is 0 Å². The van der Waals surface area contributed by atoms with E-state index < -0.39 is 27.2 Å². The predicted molar refractivity (Wildman–Crippen MR) is 82.1 cm³/mol. The molecule has 1 aromatic rings. The molecule has 0 aromatic heterocycles. The standard InChI is InChI=1S/C13H15Cl2NO4S/c1-20-13(17)9-3-2-4-12(9)21(18,19)16-11-7-8(14)5-6-10(11)15/h5-7,9,12,16H,2-4H2,1H3. The molecule has 0 aliphatic heterocycles. The van der Waals surface area contributed by atoms with Crippen molar-refractivity contribution >= 4 is 44.9 Å². The number of hydrogen-bond acceptors (Lipinski definition) is 4. The lowest BCUT2D eigenvalue weighted by Crippen LogP contribution is -2.35. The van der Waals surface area contributed by atoms with E-state index >= 15 is 0 Å². The van der Waals surface area contributed by atoms with Crippen molar-refractivity contribution in [3.05, 3.63) is 28.2 Å². The molecule has 8 heteroatoms. The van der Waals surface area contributed by atoms with Gasteiger partial charge in [0.15, 0.2) is 0 Å². The van der Waals surface area contributed by atoms with Gasteiger partial charge in [-0.3, -0.25) is 9.52 Å². The number of benzene rings is 1. The van der Waals surface area contributed by atoms with Gasteiger partial charge in [-0.15, -0.1) is 0 Å². The van der Waals surface area contributed by atoms with Crippen LogP contribution in [0.5, 0.6) is 0 Å². The number of nitrogens with one attached hydrogen (secondary N) is 1.